The molecule has 0 amide bonds. The van der Waals surface area contributed by atoms with Crippen molar-refractivity contribution < 1.29 is 9.47 Å². The Kier molecular flexibility index (Phi) is 6.57. The monoisotopic (exact) mass is 394 g/mol. The molecule has 0 bridgehead atoms. The van der Waals surface area contributed by atoms with Gasteiger partial charge >= 0.3 is 0 Å². The average molecular weight is 395 g/mol. The Morgan fingerprint density at radius 2 is 2.12 bits per heavy atom. The first-order chi connectivity index (χ1) is 12.7. The van der Waals surface area contributed by atoms with Crippen molar-refractivity contribution >= 4 is 28.9 Å². The van der Waals surface area contributed by atoms with Gasteiger partial charge in [0, 0.05) is 17.6 Å². The van der Waals surface area contributed by atoms with E-state index in [1.54, 1.807) is 11.3 Å². The lowest BCUT2D eigenvalue weighted by molar-refractivity contribution is 0.171. The van der Waals surface area contributed by atoms with Crippen LogP contribution in [0.4, 0.5) is 0 Å². The molecule has 26 heavy (non-hydrogen) atoms. The first-order valence-corrected chi connectivity index (χ1v) is 9.92. The number of nitrogens with one attached hydrogen (secondary N) is 2. The molecule has 1 aromatic carbocycles. The van der Waals surface area contributed by atoms with Gasteiger partial charge in [-0.1, -0.05) is 18.5 Å². The number of halogens is 1. The molecule has 2 aromatic rings. The van der Waals surface area contributed by atoms with Gasteiger partial charge in [0.25, 0.3) is 0 Å². The molecule has 8 heteroatoms. The predicted molar refractivity (Wildman–Crippen MR) is 106 cm³/mol. The van der Waals surface area contributed by atoms with Crippen molar-refractivity contribution in [2.24, 2.45) is 4.99 Å². The number of ether oxygens (including phenoxy) is 2. The van der Waals surface area contributed by atoms with Crippen molar-refractivity contribution in [2.45, 2.75) is 33.4 Å². The first-order valence-electron chi connectivity index (χ1n) is 8.73. The maximum Gasteiger partial charge on any atom is 0.191 e. The Hall–Kier alpha value is -1.99. The smallest absolute Gasteiger partial charge is 0.191 e. The van der Waals surface area contributed by atoms with Crippen molar-refractivity contribution in [3.8, 4) is 11.5 Å². The lowest BCUT2D eigenvalue weighted by Gasteiger charge is -2.20. The third-order valence-corrected chi connectivity index (χ3v) is 5.20. The Morgan fingerprint density at radius 3 is 2.88 bits per heavy atom. The fourth-order valence-corrected chi connectivity index (χ4v) is 3.61. The van der Waals surface area contributed by atoms with Crippen LogP contribution in [-0.4, -0.2) is 30.7 Å². The molecule has 0 fully saturated rings. The minimum atomic E-state index is 0.490. The molecular formula is C18H23ClN4O2S. The normalized spacial score (nSPS) is 13.6. The molecule has 0 saturated carbocycles. The molecule has 0 aliphatic carbocycles. The zero-order valence-electron chi connectivity index (χ0n) is 15.0. The molecule has 0 atom stereocenters. The number of aliphatic imine (C=N–C) groups is 1. The van der Waals surface area contributed by atoms with Gasteiger partial charge in [0.1, 0.15) is 18.2 Å². The minimum absolute atomic E-state index is 0.490. The SMILES string of the molecule is CCNC(=NCc1cc(Cl)c2c(c1)OCCO2)NCc1ncc(CC)s1. The highest BCUT2D eigenvalue weighted by molar-refractivity contribution is 7.11. The zero-order chi connectivity index (χ0) is 18.4. The second-order valence-corrected chi connectivity index (χ2v) is 7.33. The fraction of sp³-hybridized carbons (Fsp3) is 0.444. The molecule has 0 radical (unpaired) electrons. The van der Waals surface area contributed by atoms with E-state index in [2.05, 4.69) is 27.5 Å². The van der Waals surface area contributed by atoms with Crippen LogP contribution >= 0.6 is 22.9 Å². The number of hydrogen-bond acceptors (Lipinski definition) is 5. The summed E-state index contributed by atoms with van der Waals surface area (Å²) in [5.41, 5.74) is 0.971. The van der Waals surface area contributed by atoms with Gasteiger partial charge in [-0.3, -0.25) is 0 Å². The Morgan fingerprint density at radius 1 is 1.27 bits per heavy atom. The predicted octanol–water partition coefficient (Wildman–Crippen LogP) is 3.39. The topological polar surface area (TPSA) is 67.8 Å². The average Bonchev–Trinajstić information content (AvgIpc) is 3.12. The maximum atomic E-state index is 6.29. The van der Waals surface area contributed by atoms with E-state index in [0.717, 1.165) is 29.5 Å². The fourth-order valence-electron chi connectivity index (χ4n) is 2.52. The highest BCUT2D eigenvalue weighted by Gasteiger charge is 2.16. The molecule has 0 saturated heterocycles. The van der Waals surface area contributed by atoms with Crippen molar-refractivity contribution in [1.82, 2.24) is 15.6 Å². The number of nitrogens with zero attached hydrogens (tertiary/aromatic N) is 2. The van der Waals surface area contributed by atoms with Gasteiger partial charge in [-0.2, -0.15) is 0 Å². The van der Waals surface area contributed by atoms with Crippen LogP contribution in [0.15, 0.2) is 23.3 Å². The molecule has 0 spiro atoms. The number of thiazole rings is 1. The van der Waals surface area contributed by atoms with E-state index in [0.29, 0.717) is 42.8 Å². The number of hydrogen-bond donors (Lipinski definition) is 2. The summed E-state index contributed by atoms with van der Waals surface area (Å²) < 4.78 is 11.2. The van der Waals surface area contributed by atoms with Crippen molar-refractivity contribution in [3.05, 3.63) is 38.8 Å². The molecule has 1 aliphatic rings. The van der Waals surface area contributed by atoms with E-state index >= 15 is 0 Å². The number of aromatic nitrogens is 1. The van der Waals surface area contributed by atoms with Gasteiger partial charge in [-0.25, -0.2) is 9.98 Å². The van der Waals surface area contributed by atoms with E-state index in [9.17, 15) is 0 Å². The summed E-state index contributed by atoms with van der Waals surface area (Å²) >= 11 is 8.01. The number of benzene rings is 1. The van der Waals surface area contributed by atoms with Crippen LogP contribution in [0.1, 0.15) is 29.3 Å². The molecule has 6 nitrogen and oxygen atoms in total. The van der Waals surface area contributed by atoms with Crippen molar-refractivity contribution in [2.75, 3.05) is 19.8 Å². The molecule has 2 heterocycles. The molecule has 140 valence electrons. The van der Waals surface area contributed by atoms with Gasteiger partial charge in [-0.05, 0) is 31.0 Å². The summed E-state index contributed by atoms with van der Waals surface area (Å²) in [7, 11) is 0. The van der Waals surface area contributed by atoms with Gasteiger partial charge in [0.15, 0.2) is 17.5 Å². The quantitative estimate of drug-likeness (QED) is 0.580. The van der Waals surface area contributed by atoms with Gasteiger partial charge < -0.3 is 20.1 Å². The van der Waals surface area contributed by atoms with E-state index in [1.165, 1.54) is 4.88 Å². The number of aryl methyl sites for hydroxylation is 1. The van der Waals surface area contributed by atoms with Crippen molar-refractivity contribution in [1.29, 1.82) is 0 Å². The summed E-state index contributed by atoms with van der Waals surface area (Å²) in [5, 5.41) is 8.17. The lowest BCUT2D eigenvalue weighted by atomic mass is 10.2. The third kappa shape index (κ3) is 4.80. The molecule has 0 unspecified atom stereocenters. The summed E-state index contributed by atoms with van der Waals surface area (Å²) in [6.07, 6.45) is 2.94. The van der Waals surface area contributed by atoms with E-state index in [1.807, 2.05) is 25.3 Å². The Bertz CT molecular complexity index is 779. The molecule has 2 N–H and O–H groups in total. The highest BCUT2D eigenvalue weighted by atomic mass is 35.5. The minimum Gasteiger partial charge on any atom is -0.486 e. The lowest BCUT2D eigenvalue weighted by Crippen LogP contribution is -2.36. The number of fused-ring (bicyclic) bond motifs is 1. The molecule has 1 aromatic heterocycles. The first kappa shape index (κ1) is 18.8. The van der Waals surface area contributed by atoms with Crippen LogP contribution in [0.25, 0.3) is 0 Å². The zero-order valence-corrected chi connectivity index (χ0v) is 16.5. The van der Waals surface area contributed by atoms with Crippen molar-refractivity contribution in [3.63, 3.8) is 0 Å². The van der Waals surface area contributed by atoms with Crippen LogP contribution in [-0.2, 0) is 19.5 Å². The Labute approximate surface area is 162 Å². The largest absolute Gasteiger partial charge is 0.486 e. The van der Waals surface area contributed by atoms with Crippen LogP contribution < -0.4 is 20.1 Å². The number of guanidine groups is 1. The van der Waals surface area contributed by atoms with Gasteiger partial charge in [-0.15, -0.1) is 11.3 Å². The van der Waals surface area contributed by atoms with Gasteiger partial charge in [0.05, 0.1) is 18.1 Å². The second kappa shape index (κ2) is 9.09. The van der Waals surface area contributed by atoms with Crippen LogP contribution in [0.5, 0.6) is 11.5 Å². The molecule has 1 aliphatic heterocycles. The molecular weight excluding hydrogens is 372 g/mol. The number of rotatable bonds is 6. The van der Waals surface area contributed by atoms with Crippen LogP contribution in [0.2, 0.25) is 5.02 Å². The van der Waals surface area contributed by atoms with Gasteiger partial charge in [0.2, 0.25) is 0 Å². The van der Waals surface area contributed by atoms with Crippen LogP contribution in [0, 0.1) is 0 Å². The van der Waals surface area contributed by atoms with E-state index in [-0.39, 0.29) is 0 Å². The summed E-state index contributed by atoms with van der Waals surface area (Å²) in [4.78, 5) is 10.3. The van der Waals surface area contributed by atoms with E-state index in [4.69, 9.17) is 21.1 Å². The van der Waals surface area contributed by atoms with E-state index < -0.39 is 0 Å². The molecule has 3 rings (SSSR count). The highest BCUT2D eigenvalue weighted by Crippen LogP contribution is 2.38. The summed E-state index contributed by atoms with van der Waals surface area (Å²) in [6.45, 7) is 7.16. The standard InChI is InChI=1S/C18H23ClN4O2S/c1-3-13-10-21-16(26-13)11-23-18(20-4-2)22-9-12-7-14(19)17-15(8-12)24-5-6-25-17/h7-8,10H,3-6,9,11H2,1-2H3,(H2,20,22,23). The third-order valence-electron chi connectivity index (χ3n) is 3.78. The summed E-state index contributed by atoms with van der Waals surface area (Å²) in [6, 6.07) is 3.80. The Balaban J connectivity index is 1.66. The maximum absolute atomic E-state index is 6.29. The second-order valence-electron chi connectivity index (χ2n) is 5.72. The van der Waals surface area contributed by atoms with Crippen LogP contribution in [0.3, 0.4) is 0 Å². The summed E-state index contributed by atoms with van der Waals surface area (Å²) in [5.74, 6) is 2.04.